The Morgan fingerprint density at radius 2 is 1.93 bits per heavy atom. The zero-order valence-electron chi connectivity index (χ0n) is 17.4. The number of allylic oxidation sites excluding steroid dienone is 1. The van der Waals surface area contributed by atoms with E-state index in [0.717, 1.165) is 46.7 Å². The van der Waals surface area contributed by atoms with Gasteiger partial charge < -0.3 is 15.4 Å². The van der Waals surface area contributed by atoms with Crippen LogP contribution in [-0.2, 0) is 0 Å². The topological polar surface area (TPSA) is 58.0 Å². The smallest absolute Gasteiger partial charge is 0.224 e. The first-order chi connectivity index (χ1) is 13.5. The van der Waals surface area contributed by atoms with Gasteiger partial charge in [-0.3, -0.25) is 0 Å². The molecule has 1 saturated carbocycles. The Hall–Kier alpha value is -1.82. The van der Waals surface area contributed by atoms with Gasteiger partial charge in [-0.25, -0.2) is 9.98 Å². The summed E-state index contributed by atoms with van der Waals surface area (Å²) in [6, 6.07) is 6.29. The van der Waals surface area contributed by atoms with Gasteiger partial charge in [0.05, 0.1) is 17.1 Å². The number of nitrogens with zero attached hydrogens (tertiary/aromatic N) is 2. The van der Waals surface area contributed by atoms with E-state index < -0.39 is 0 Å². The third-order valence-electron chi connectivity index (χ3n) is 4.45. The number of guanidine groups is 1. The van der Waals surface area contributed by atoms with Crippen LogP contribution in [-0.4, -0.2) is 24.4 Å². The molecule has 2 rings (SSSR count). The number of rotatable bonds is 6. The number of halogens is 1. The Bertz CT molecular complexity index is 706. The Balaban J connectivity index is 2.10. The Labute approximate surface area is 177 Å². The number of ether oxygens (including phenoxy) is 1. The molecule has 5 nitrogen and oxygen atoms in total. The highest BCUT2D eigenvalue weighted by atomic mass is 79.9. The quantitative estimate of drug-likeness (QED) is 0.306. The van der Waals surface area contributed by atoms with Crippen molar-refractivity contribution in [2.45, 2.75) is 71.8 Å². The average Bonchev–Trinajstić information content (AvgIpc) is 2.89. The van der Waals surface area contributed by atoms with Gasteiger partial charge in [-0.1, -0.05) is 39.2 Å². The molecular formula is C22H33BrN4O. The minimum atomic E-state index is 0.338. The van der Waals surface area contributed by atoms with E-state index in [1.54, 1.807) is 0 Å². The first kappa shape index (κ1) is 22.5. The summed E-state index contributed by atoms with van der Waals surface area (Å²) in [6.45, 7) is 10.6. The van der Waals surface area contributed by atoms with Crippen molar-refractivity contribution in [1.82, 2.24) is 5.32 Å². The molecule has 0 aliphatic heterocycles. The molecule has 28 heavy (non-hydrogen) atoms. The first-order valence-electron chi connectivity index (χ1n) is 10.2. The minimum Gasteiger partial charge on any atom is -0.492 e. The molecule has 0 aromatic heterocycles. The monoisotopic (exact) mass is 448 g/mol. The number of amidine groups is 1. The summed E-state index contributed by atoms with van der Waals surface area (Å²) >= 11 is 3.57. The molecule has 6 heteroatoms. The first-order valence-corrected chi connectivity index (χ1v) is 11.0. The number of hydrogen-bond acceptors (Lipinski definition) is 2. The molecule has 1 aliphatic rings. The van der Waals surface area contributed by atoms with E-state index in [4.69, 9.17) is 9.73 Å². The molecule has 0 amide bonds. The Kier molecular flexibility index (Phi) is 9.55. The summed E-state index contributed by atoms with van der Waals surface area (Å²) < 4.78 is 6.63. The van der Waals surface area contributed by atoms with Gasteiger partial charge in [-0.2, -0.15) is 0 Å². The molecule has 1 aromatic rings. The van der Waals surface area contributed by atoms with Crippen molar-refractivity contribution < 1.29 is 4.74 Å². The number of benzene rings is 1. The van der Waals surface area contributed by atoms with Crippen molar-refractivity contribution in [1.29, 1.82) is 0 Å². The SMILES string of the molecule is C=C(C)NC(=NC1CCCCCC1)/N=C(\C)Nc1ccc(OCCC)c(Br)c1. The zero-order valence-corrected chi connectivity index (χ0v) is 18.9. The van der Waals surface area contributed by atoms with E-state index in [0.29, 0.717) is 18.6 Å². The third kappa shape index (κ3) is 8.05. The van der Waals surface area contributed by atoms with E-state index in [9.17, 15) is 0 Å². The number of hydrogen-bond donors (Lipinski definition) is 2. The summed E-state index contributed by atoms with van der Waals surface area (Å²) in [6.07, 6.45) is 8.37. The van der Waals surface area contributed by atoms with Crippen LogP contribution in [0.15, 0.2) is 44.9 Å². The molecule has 0 bridgehead atoms. The van der Waals surface area contributed by atoms with Crippen molar-refractivity contribution in [3.63, 3.8) is 0 Å². The van der Waals surface area contributed by atoms with Crippen LogP contribution in [0, 0.1) is 0 Å². The predicted octanol–water partition coefficient (Wildman–Crippen LogP) is 6.27. The fraction of sp³-hybridized carbons (Fsp3) is 0.545. The Morgan fingerprint density at radius 3 is 2.54 bits per heavy atom. The third-order valence-corrected chi connectivity index (χ3v) is 5.07. The van der Waals surface area contributed by atoms with Crippen molar-refractivity contribution in [2.75, 3.05) is 11.9 Å². The highest BCUT2D eigenvalue weighted by Gasteiger charge is 2.12. The van der Waals surface area contributed by atoms with E-state index in [-0.39, 0.29) is 0 Å². The van der Waals surface area contributed by atoms with Crippen molar-refractivity contribution in [3.05, 3.63) is 34.9 Å². The van der Waals surface area contributed by atoms with Crippen molar-refractivity contribution >= 4 is 33.4 Å². The maximum atomic E-state index is 5.71. The largest absolute Gasteiger partial charge is 0.492 e. The van der Waals surface area contributed by atoms with E-state index >= 15 is 0 Å². The molecule has 0 saturated heterocycles. The molecular weight excluding hydrogens is 416 g/mol. The van der Waals surface area contributed by atoms with Gasteiger partial charge >= 0.3 is 0 Å². The second-order valence-electron chi connectivity index (χ2n) is 7.32. The van der Waals surface area contributed by atoms with Crippen LogP contribution in [0.5, 0.6) is 5.75 Å². The normalized spacial score (nSPS) is 16.4. The lowest BCUT2D eigenvalue weighted by atomic mass is 10.1. The lowest BCUT2D eigenvalue weighted by molar-refractivity contribution is 0.315. The highest BCUT2D eigenvalue weighted by Crippen LogP contribution is 2.28. The predicted molar refractivity (Wildman–Crippen MR) is 124 cm³/mol. The molecule has 154 valence electrons. The van der Waals surface area contributed by atoms with Crippen molar-refractivity contribution in [2.24, 2.45) is 9.98 Å². The maximum Gasteiger partial charge on any atom is 0.224 e. The summed E-state index contributed by atoms with van der Waals surface area (Å²) in [5, 5.41) is 6.54. The standard InChI is InChI=1S/C22H33BrN4O/c1-5-14-28-21-13-12-19(15-20(21)23)25-17(4)26-22(24-16(2)3)27-18-10-8-6-7-9-11-18/h12-13,15,18H,2,5-11,14H2,1,3-4H3,(H2,24,25,26,27). The van der Waals surface area contributed by atoms with Crippen LogP contribution in [0.25, 0.3) is 0 Å². The van der Waals surface area contributed by atoms with Gasteiger partial charge in [0, 0.05) is 11.4 Å². The summed E-state index contributed by atoms with van der Waals surface area (Å²) in [5.74, 6) is 2.25. The highest BCUT2D eigenvalue weighted by molar-refractivity contribution is 9.10. The molecule has 0 heterocycles. The molecule has 1 fully saturated rings. The van der Waals surface area contributed by atoms with E-state index in [1.807, 2.05) is 32.0 Å². The second kappa shape index (κ2) is 11.9. The van der Waals surface area contributed by atoms with Gasteiger partial charge in [0.1, 0.15) is 11.6 Å². The molecule has 2 N–H and O–H groups in total. The Morgan fingerprint density at radius 1 is 1.21 bits per heavy atom. The fourth-order valence-electron chi connectivity index (χ4n) is 3.14. The van der Waals surface area contributed by atoms with Gasteiger partial charge in [0.2, 0.25) is 5.96 Å². The minimum absolute atomic E-state index is 0.338. The van der Waals surface area contributed by atoms with Gasteiger partial charge in [-0.15, -0.1) is 0 Å². The molecule has 1 aliphatic carbocycles. The van der Waals surface area contributed by atoms with Crippen LogP contribution in [0.2, 0.25) is 0 Å². The summed E-state index contributed by atoms with van der Waals surface area (Å²) in [5.41, 5.74) is 1.78. The van der Waals surface area contributed by atoms with Crippen LogP contribution >= 0.6 is 15.9 Å². The number of aliphatic imine (C=N–C) groups is 2. The molecule has 0 unspecified atom stereocenters. The lowest BCUT2D eigenvalue weighted by Crippen LogP contribution is -2.24. The van der Waals surface area contributed by atoms with Crippen LogP contribution in [0.4, 0.5) is 5.69 Å². The van der Waals surface area contributed by atoms with Crippen molar-refractivity contribution in [3.8, 4) is 5.75 Å². The number of nitrogens with one attached hydrogen (secondary N) is 2. The molecule has 0 spiro atoms. The van der Waals surface area contributed by atoms with E-state index in [1.165, 1.54) is 25.7 Å². The van der Waals surface area contributed by atoms with Crippen LogP contribution < -0.4 is 15.4 Å². The second-order valence-corrected chi connectivity index (χ2v) is 8.17. The maximum absolute atomic E-state index is 5.71. The fourth-order valence-corrected chi connectivity index (χ4v) is 3.64. The summed E-state index contributed by atoms with van der Waals surface area (Å²) in [4.78, 5) is 9.55. The van der Waals surface area contributed by atoms with Gasteiger partial charge in [0.25, 0.3) is 0 Å². The van der Waals surface area contributed by atoms with Crippen LogP contribution in [0.3, 0.4) is 0 Å². The van der Waals surface area contributed by atoms with E-state index in [2.05, 4.69) is 45.1 Å². The number of anilines is 1. The van der Waals surface area contributed by atoms with Crippen LogP contribution in [0.1, 0.15) is 65.7 Å². The van der Waals surface area contributed by atoms with Gasteiger partial charge in [0.15, 0.2) is 0 Å². The molecule has 1 aromatic carbocycles. The van der Waals surface area contributed by atoms with Gasteiger partial charge in [-0.05, 0) is 67.2 Å². The molecule has 0 radical (unpaired) electrons. The lowest BCUT2D eigenvalue weighted by Gasteiger charge is -2.14. The molecule has 0 atom stereocenters. The summed E-state index contributed by atoms with van der Waals surface area (Å²) in [7, 11) is 0. The zero-order chi connectivity index (χ0) is 20.4. The average molecular weight is 449 g/mol.